The van der Waals surface area contributed by atoms with Crippen LogP contribution in [0, 0.1) is 6.92 Å². The lowest BCUT2D eigenvalue weighted by atomic mass is 10.1. The van der Waals surface area contributed by atoms with E-state index in [-0.39, 0.29) is 6.17 Å². The summed E-state index contributed by atoms with van der Waals surface area (Å²) < 4.78 is 6.12. The van der Waals surface area contributed by atoms with Crippen molar-refractivity contribution < 1.29 is 4.42 Å². The molecule has 0 N–H and O–H groups in total. The first-order valence-corrected chi connectivity index (χ1v) is 8.09. The lowest BCUT2D eigenvalue weighted by molar-refractivity contribution is 0.263. The number of benzene rings is 1. The number of anilines is 1. The van der Waals surface area contributed by atoms with Crippen molar-refractivity contribution in [2.45, 2.75) is 39.9 Å². The fourth-order valence-electron chi connectivity index (χ4n) is 3.39. The number of hydrogen-bond acceptors (Lipinski definition) is 4. The minimum atomic E-state index is 0.267. The van der Waals surface area contributed by atoms with Crippen LogP contribution < -0.4 is 4.90 Å². The Morgan fingerprint density at radius 1 is 1.09 bits per heavy atom. The van der Waals surface area contributed by atoms with Gasteiger partial charge in [0.15, 0.2) is 5.58 Å². The number of para-hydroxylation sites is 1. The SMILES string of the molecule is Cc1ccc2c(n1)oc1c(N3C=CN(C(C)C)[C@@H]3C)cccc12. The van der Waals surface area contributed by atoms with Crippen LogP contribution >= 0.6 is 0 Å². The molecule has 1 aliphatic heterocycles. The second-order valence-corrected chi connectivity index (χ2v) is 6.44. The maximum absolute atomic E-state index is 6.12. The molecule has 3 heterocycles. The average Bonchev–Trinajstić information content (AvgIpc) is 3.06. The molecular formula is C19H21N3O. The van der Waals surface area contributed by atoms with Gasteiger partial charge in [-0.2, -0.15) is 0 Å². The number of rotatable bonds is 2. The van der Waals surface area contributed by atoms with Gasteiger partial charge in [-0.1, -0.05) is 12.1 Å². The van der Waals surface area contributed by atoms with Gasteiger partial charge in [0.25, 0.3) is 0 Å². The zero-order valence-electron chi connectivity index (χ0n) is 13.9. The van der Waals surface area contributed by atoms with E-state index in [0.29, 0.717) is 11.8 Å². The first-order chi connectivity index (χ1) is 11.1. The molecule has 4 nitrogen and oxygen atoms in total. The van der Waals surface area contributed by atoms with Crippen LogP contribution in [0.2, 0.25) is 0 Å². The number of furan rings is 1. The van der Waals surface area contributed by atoms with E-state index in [1.165, 1.54) is 0 Å². The molecular weight excluding hydrogens is 286 g/mol. The number of aromatic nitrogens is 1. The predicted molar refractivity (Wildman–Crippen MR) is 94.3 cm³/mol. The van der Waals surface area contributed by atoms with Crippen molar-refractivity contribution in [1.82, 2.24) is 9.88 Å². The van der Waals surface area contributed by atoms with E-state index in [9.17, 15) is 0 Å². The van der Waals surface area contributed by atoms with E-state index in [1.807, 2.05) is 13.0 Å². The summed E-state index contributed by atoms with van der Waals surface area (Å²) in [5.41, 5.74) is 3.68. The summed E-state index contributed by atoms with van der Waals surface area (Å²) in [6.07, 6.45) is 4.55. The molecule has 0 unspecified atom stereocenters. The molecule has 1 aromatic carbocycles. The molecule has 2 aromatic heterocycles. The third-order valence-corrected chi connectivity index (χ3v) is 4.59. The fraction of sp³-hybridized carbons (Fsp3) is 0.316. The average molecular weight is 307 g/mol. The zero-order chi connectivity index (χ0) is 16.1. The van der Waals surface area contributed by atoms with Gasteiger partial charge in [0.1, 0.15) is 6.17 Å². The van der Waals surface area contributed by atoms with Gasteiger partial charge in [0.05, 0.1) is 5.69 Å². The molecule has 0 radical (unpaired) electrons. The van der Waals surface area contributed by atoms with Gasteiger partial charge in [0, 0.05) is 34.9 Å². The van der Waals surface area contributed by atoms with Crippen LogP contribution in [-0.4, -0.2) is 22.1 Å². The molecule has 4 heteroatoms. The Hall–Kier alpha value is -2.49. The summed E-state index contributed by atoms with van der Waals surface area (Å²) in [7, 11) is 0. The van der Waals surface area contributed by atoms with Gasteiger partial charge < -0.3 is 14.2 Å². The maximum Gasteiger partial charge on any atom is 0.227 e. The van der Waals surface area contributed by atoms with E-state index >= 15 is 0 Å². The Bertz CT molecular complexity index is 910. The molecule has 0 spiro atoms. The van der Waals surface area contributed by atoms with Gasteiger partial charge in [-0.25, -0.2) is 4.98 Å². The maximum atomic E-state index is 6.12. The normalized spacial score (nSPS) is 18.0. The van der Waals surface area contributed by atoms with E-state index in [0.717, 1.165) is 27.7 Å². The van der Waals surface area contributed by atoms with Crippen LogP contribution in [0.1, 0.15) is 26.5 Å². The predicted octanol–water partition coefficient (Wildman–Crippen LogP) is 4.64. The minimum absolute atomic E-state index is 0.267. The summed E-state index contributed by atoms with van der Waals surface area (Å²) in [5.74, 6) is 0. The summed E-state index contributed by atoms with van der Waals surface area (Å²) in [4.78, 5) is 9.13. The monoisotopic (exact) mass is 307 g/mol. The van der Waals surface area contributed by atoms with Gasteiger partial charge in [-0.05, 0) is 45.9 Å². The lowest BCUT2D eigenvalue weighted by Gasteiger charge is -2.32. The molecule has 0 saturated heterocycles. The highest BCUT2D eigenvalue weighted by Gasteiger charge is 2.27. The van der Waals surface area contributed by atoms with Crippen LogP contribution in [0.5, 0.6) is 0 Å². The van der Waals surface area contributed by atoms with Gasteiger partial charge >= 0.3 is 0 Å². The summed E-state index contributed by atoms with van der Waals surface area (Å²) in [6, 6.07) is 10.9. The Morgan fingerprint density at radius 2 is 1.91 bits per heavy atom. The Morgan fingerprint density at radius 3 is 2.65 bits per heavy atom. The lowest BCUT2D eigenvalue weighted by Crippen LogP contribution is -2.39. The first-order valence-electron chi connectivity index (χ1n) is 8.09. The van der Waals surface area contributed by atoms with Crippen LogP contribution in [0.25, 0.3) is 22.1 Å². The molecule has 0 bridgehead atoms. The molecule has 0 amide bonds. The molecule has 3 aromatic rings. The van der Waals surface area contributed by atoms with Gasteiger partial charge in [-0.15, -0.1) is 0 Å². The van der Waals surface area contributed by atoms with Gasteiger partial charge in [0.2, 0.25) is 5.71 Å². The third-order valence-electron chi connectivity index (χ3n) is 4.59. The molecule has 0 saturated carbocycles. The van der Waals surface area contributed by atoms with E-state index in [1.54, 1.807) is 0 Å². The standard InChI is InChI=1S/C19H21N3O/c1-12(2)21-10-11-22(14(21)4)17-7-5-6-15-16-9-8-13(3)20-19(16)23-18(15)17/h5-12,14H,1-4H3/t14-/m0/s1. The van der Waals surface area contributed by atoms with Crippen LogP contribution in [0.4, 0.5) is 5.69 Å². The highest BCUT2D eigenvalue weighted by molar-refractivity contribution is 6.08. The van der Waals surface area contributed by atoms with Crippen LogP contribution in [0.3, 0.4) is 0 Å². The molecule has 0 aliphatic carbocycles. The largest absolute Gasteiger partial charge is 0.435 e. The molecule has 23 heavy (non-hydrogen) atoms. The minimum Gasteiger partial charge on any atom is -0.435 e. The van der Waals surface area contributed by atoms with Gasteiger partial charge in [-0.3, -0.25) is 0 Å². The van der Waals surface area contributed by atoms with Crippen molar-refractivity contribution in [2.75, 3.05) is 4.90 Å². The van der Waals surface area contributed by atoms with E-state index in [2.05, 4.69) is 72.2 Å². The van der Waals surface area contributed by atoms with Crippen molar-refractivity contribution in [3.05, 3.63) is 48.4 Å². The van der Waals surface area contributed by atoms with Crippen molar-refractivity contribution in [3.8, 4) is 0 Å². The van der Waals surface area contributed by atoms with Crippen molar-refractivity contribution in [3.63, 3.8) is 0 Å². The highest BCUT2D eigenvalue weighted by Crippen LogP contribution is 2.37. The fourth-order valence-corrected chi connectivity index (χ4v) is 3.39. The Kier molecular flexibility index (Phi) is 3.08. The molecule has 118 valence electrons. The summed E-state index contributed by atoms with van der Waals surface area (Å²) >= 11 is 0. The van der Waals surface area contributed by atoms with Crippen molar-refractivity contribution in [2.24, 2.45) is 0 Å². The van der Waals surface area contributed by atoms with E-state index < -0.39 is 0 Å². The summed E-state index contributed by atoms with van der Waals surface area (Å²) in [6.45, 7) is 8.61. The van der Waals surface area contributed by atoms with E-state index in [4.69, 9.17) is 4.42 Å². The summed E-state index contributed by atoms with van der Waals surface area (Å²) in [5, 5.41) is 2.19. The number of hydrogen-bond donors (Lipinski definition) is 0. The smallest absolute Gasteiger partial charge is 0.227 e. The number of aryl methyl sites for hydroxylation is 1. The van der Waals surface area contributed by atoms with Crippen molar-refractivity contribution >= 4 is 27.8 Å². The second kappa shape index (κ2) is 5.01. The van der Waals surface area contributed by atoms with Crippen molar-refractivity contribution in [1.29, 1.82) is 0 Å². The quantitative estimate of drug-likeness (QED) is 0.690. The third kappa shape index (κ3) is 2.09. The van der Waals surface area contributed by atoms with Crippen LogP contribution in [0.15, 0.2) is 47.1 Å². The Balaban J connectivity index is 1.88. The molecule has 4 rings (SSSR count). The Labute approximate surface area is 136 Å². The highest BCUT2D eigenvalue weighted by atomic mass is 16.3. The number of pyridine rings is 1. The van der Waals surface area contributed by atoms with Crippen LogP contribution in [-0.2, 0) is 0 Å². The first kappa shape index (κ1) is 14.1. The molecule has 1 atom stereocenters. The molecule has 0 fully saturated rings. The number of fused-ring (bicyclic) bond motifs is 3. The second-order valence-electron chi connectivity index (χ2n) is 6.44. The number of nitrogens with zero attached hydrogens (tertiary/aromatic N) is 3. The topological polar surface area (TPSA) is 32.5 Å². The zero-order valence-corrected chi connectivity index (χ0v) is 13.9. The molecule has 1 aliphatic rings.